The van der Waals surface area contributed by atoms with E-state index in [-0.39, 0.29) is 18.3 Å². The van der Waals surface area contributed by atoms with E-state index in [1.807, 2.05) is 0 Å². The van der Waals surface area contributed by atoms with Gasteiger partial charge in [0.05, 0.1) is 0 Å². The molecule has 0 radical (unpaired) electrons. The number of aliphatic hydroxyl groups is 1. The molecule has 1 aromatic carbocycles. The minimum atomic E-state index is -0.0604. The van der Waals surface area contributed by atoms with Gasteiger partial charge in [0.25, 0.3) is 0 Å². The van der Waals surface area contributed by atoms with Crippen molar-refractivity contribution in [3.05, 3.63) is 46.5 Å². The summed E-state index contributed by atoms with van der Waals surface area (Å²) in [5.74, 6) is 3.00. The van der Waals surface area contributed by atoms with Crippen LogP contribution in [0.15, 0.2) is 18.2 Å². The molecule has 2 aliphatic carbocycles. The smallest absolute Gasteiger partial charge is 0.138 e. The Morgan fingerprint density at radius 3 is 2.59 bits per heavy atom. The molecule has 2 saturated carbocycles. The maximum Gasteiger partial charge on any atom is 0.138 e. The van der Waals surface area contributed by atoms with Gasteiger partial charge >= 0.3 is 0 Å². The third-order valence-corrected chi connectivity index (χ3v) is 7.41. The average Bonchev–Trinajstić information content (AvgIpc) is 3.53. The third kappa shape index (κ3) is 5.86. The van der Waals surface area contributed by atoms with E-state index in [2.05, 4.69) is 46.8 Å². The number of carbonyl (C=O) groups is 1. The summed E-state index contributed by atoms with van der Waals surface area (Å²) >= 11 is 0. The number of nitrogens with zero attached hydrogens (tertiary/aromatic N) is 3. The van der Waals surface area contributed by atoms with Gasteiger partial charge in [0, 0.05) is 37.8 Å². The number of rotatable bonds is 11. The Morgan fingerprint density at radius 1 is 1.12 bits per heavy atom. The highest BCUT2D eigenvalue weighted by molar-refractivity contribution is 5.82. The summed E-state index contributed by atoms with van der Waals surface area (Å²) in [6.45, 7) is 4.21. The van der Waals surface area contributed by atoms with Gasteiger partial charge in [-0.3, -0.25) is 4.79 Å². The van der Waals surface area contributed by atoms with Crippen LogP contribution in [0, 0.1) is 19.8 Å². The minimum absolute atomic E-state index is 0.0604. The van der Waals surface area contributed by atoms with Crippen LogP contribution in [0.25, 0.3) is 0 Å². The van der Waals surface area contributed by atoms with Gasteiger partial charge in [0.1, 0.15) is 17.4 Å². The zero-order chi connectivity index (χ0) is 22.5. The lowest BCUT2D eigenvalue weighted by Gasteiger charge is -2.21. The summed E-state index contributed by atoms with van der Waals surface area (Å²) in [6, 6.07) is 6.76. The first-order valence-electron chi connectivity index (χ1n) is 12.7. The second-order valence-electron chi connectivity index (χ2n) is 10.2. The van der Waals surface area contributed by atoms with Gasteiger partial charge in [0.2, 0.25) is 0 Å². The van der Waals surface area contributed by atoms with Crippen molar-refractivity contribution in [3.63, 3.8) is 0 Å². The van der Waals surface area contributed by atoms with Crippen LogP contribution in [0.4, 0.5) is 0 Å². The lowest BCUT2D eigenvalue weighted by atomic mass is 9.86. The van der Waals surface area contributed by atoms with Gasteiger partial charge in [-0.25, -0.2) is 0 Å². The van der Waals surface area contributed by atoms with Crippen molar-refractivity contribution < 1.29 is 9.90 Å². The van der Waals surface area contributed by atoms with Crippen LogP contribution in [0.3, 0.4) is 0 Å². The predicted octanol–water partition coefficient (Wildman–Crippen LogP) is 5.41. The van der Waals surface area contributed by atoms with Crippen molar-refractivity contribution in [2.24, 2.45) is 5.92 Å². The molecular weight excluding hydrogens is 398 g/mol. The molecule has 1 N–H and O–H groups in total. The molecule has 1 heterocycles. The standard InChI is InChI=1S/C27H39N3O2/c1-19-8-10-22(20(2)16-19)17-25(32)18-23(14-15-31)27-29-28-26(30(27)24-11-12-24)13-9-21-6-4-3-5-7-21/h8,10,16,21,23-24,31H,3-7,9,11-15,17-18H2,1-2H3/t23-/m1/s1. The number of hydrogen-bond donors (Lipinski definition) is 1. The second-order valence-corrected chi connectivity index (χ2v) is 10.2. The summed E-state index contributed by atoms with van der Waals surface area (Å²) in [7, 11) is 0. The van der Waals surface area contributed by atoms with Crippen LogP contribution in [-0.4, -0.2) is 32.3 Å². The Labute approximate surface area is 192 Å². The number of carbonyl (C=O) groups excluding carboxylic acids is 1. The minimum Gasteiger partial charge on any atom is -0.396 e. The highest BCUT2D eigenvalue weighted by atomic mass is 16.3. The maximum atomic E-state index is 13.0. The van der Waals surface area contributed by atoms with E-state index in [9.17, 15) is 9.90 Å². The molecular formula is C27H39N3O2. The largest absolute Gasteiger partial charge is 0.396 e. The molecule has 0 bridgehead atoms. The van der Waals surface area contributed by atoms with Crippen molar-refractivity contribution in [2.75, 3.05) is 6.61 Å². The molecule has 2 aliphatic rings. The van der Waals surface area contributed by atoms with Crippen LogP contribution in [0.2, 0.25) is 0 Å². The molecule has 5 heteroatoms. The summed E-state index contributed by atoms with van der Waals surface area (Å²) in [4.78, 5) is 13.0. The van der Waals surface area contributed by atoms with E-state index in [0.29, 0.717) is 25.3 Å². The molecule has 0 amide bonds. The molecule has 0 spiro atoms. The Hall–Kier alpha value is -2.01. The molecule has 2 fully saturated rings. The first-order valence-corrected chi connectivity index (χ1v) is 12.7. The first kappa shape index (κ1) is 23.2. The van der Waals surface area contributed by atoms with Gasteiger partial charge in [-0.05, 0) is 56.6 Å². The fraction of sp³-hybridized carbons (Fsp3) is 0.667. The van der Waals surface area contributed by atoms with E-state index in [0.717, 1.165) is 29.6 Å². The van der Waals surface area contributed by atoms with Gasteiger partial charge in [-0.1, -0.05) is 55.9 Å². The molecule has 0 saturated heterocycles. The number of Topliss-reactive ketones (excluding diaryl/α,β-unsaturated/α-hetero) is 1. The Morgan fingerprint density at radius 2 is 1.91 bits per heavy atom. The van der Waals surface area contributed by atoms with E-state index in [4.69, 9.17) is 0 Å². The van der Waals surface area contributed by atoms with Crippen molar-refractivity contribution in [1.29, 1.82) is 0 Å². The fourth-order valence-electron chi connectivity index (χ4n) is 5.41. The number of benzene rings is 1. The zero-order valence-corrected chi connectivity index (χ0v) is 19.9. The molecule has 32 heavy (non-hydrogen) atoms. The molecule has 0 unspecified atom stereocenters. The van der Waals surface area contributed by atoms with Crippen LogP contribution >= 0.6 is 0 Å². The van der Waals surface area contributed by atoms with Crippen LogP contribution < -0.4 is 0 Å². The van der Waals surface area contributed by atoms with Crippen molar-refractivity contribution in [3.8, 4) is 0 Å². The van der Waals surface area contributed by atoms with E-state index >= 15 is 0 Å². The Kier molecular flexibility index (Phi) is 7.77. The zero-order valence-electron chi connectivity index (χ0n) is 19.9. The molecule has 2 aromatic rings. The van der Waals surface area contributed by atoms with Crippen LogP contribution in [0.1, 0.15) is 105 Å². The van der Waals surface area contributed by atoms with Crippen molar-refractivity contribution in [1.82, 2.24) is 14.8 Å². The number of ketones is 1. The van der Waals surface area contributed by atoms with Gasteiger partial charge in [-0.15, -0.1) is 10.2 Å². The van der Waals surface area contributed by atoms with Crippen LogP contribution in [0.5, 0.6) is 0 Å². The summed E-state index contributed by atoms with van der Waals surface area (Å²) in [6.07, 6.45) is 12.8. The van der Waals surface area contributed by atoms with Gasteiger partial charge in [0.15, 0.2) is 0 Å². The molecule has 5 nitrogen and oxygen atoms in total. The van der Waals surface area contributed by atoms with E-state index in [1.54, 1.807) is 0 Å². The summed E-state index contributed by atoms with van der Waals surface area (Å²) < 4.78 is 2.34. The molecule has 4 rings (SSSR count). The number of aliphatic hydroxyl groups excluding tert-OH is 1. The molecule has 0 aliphatic heterocycles. The van der Waals surface area contributed by atoms with Crippen molar-refractivity contribution in [2.45, 2.75) is 103 Å². The monoisotopic (exact) mass is 437 g/mol. The van der Waals surface area contributed by atoms with Gasteiger partial charge in [-0.2, -0.15) is 0 Å². The predicted molar refractivity (Wildman–Crippen MR) is 127 cm³/mol. The van der Waals surface area contributed by atoms with Crippen LogP contribution in [-0.2, 0) is 17.6 Å². The topological polar surface area (TPSA) is 68.0 Å². The number of hydrogen-bond acceptors (Lipinski definition) is 4. The number of aromatic nitrogens is 3. The molecule has 174 valence electrons. The SMILES string of the molecule is Cc1ccc(CC(=O)C[C@@H](CCO)c2nnc(CCC3CCCCC3)n2C2CC2)c(C)c1. The molecule has 1 aromatic heterocycles. The Bertz CT molecular complexity index is 910. The lowest BCUT2D eigenvalue weighted by Crippen LogP contribution is -2.17. The lowest BCUT2D eigenvalue weighted by molar-refractivity contribution is -0.118. The van der Waals surface area contributed by atoms with E-state index in [1.165, 1.54) is 62.5 Å². The first-order chi connectivity index (χ1) is 15.5. The van der Waals surface area contributed by atoms with Crippen molar-refractivity contribution >= 4 is 5.78 Å². The summed E-state index contributed by atoms with van der Waals surface area (Å²) in [5.41, 5.74) is 3.48. The highest BCUT2D eigenvalue weighted by Gasteiger charge is 2.33. The average molecular weight is 438 g/mol. The van der Waals surface area contributed by atoms with Gasteiger partial charge < -0.3 is 9.67 Å². The number of aryl methyl sites for hydroxylation is 3. The quantitative estimate of drug-likeness (QED) is 0.510. The normalized spacial score (nSPS) is 18.1. The summed E-state index contributed by atoms with van der Waals surface area (Å²) in [5, 5.41) is 18.9. The third-order valence-electron chi connectivity index (χ3n) is 7.41. The fourth-order valence-corrected chi connectivity index (χ4v) is 5.41. The maximum absolute atomic E-state index is 13.0. The second kappa shape index (κ2) is 10.7. The Balaban J connectivity index is 1.46. The van der Waals surface area contributed by atoms with E-state index < -0.39 is 0 Å². The molecule has 1 atom stereocenters. The highest BCUT2D eigenvalue weighted by Crippen LogP contribution is 2.40.